The van der Waals surface area contributed by atoms with Crippen LogP contribution in [0.5, 0.6) is 0 Å². The van der Waals surface area contributed by atoms with Crippen molar-refractivity contribution in [3.05, 3.63) is 51.5 Å². The zero-order valence-electron chi connectivity index (χ0n) is 13.8. The molecule has 0 atom stereocenters. The SMILES string of the molecule is CN=C(NCCc1csc(C)n1)N(C)Cc1ccccc1C. The van der Waals surface area contributed by atoms with E-state index in [1.54, 1.807) is 11.3 Å². The van der Waals surface area contributed by atoms with E-state index >= 15 is 0 Å². The van der Waals surface area contributed by atoms with Gasteiger partial charge < -0.3 is 10.2 Å². The van der Waals surface area contributed by atoms with Gasteiger partial charge in [0.25, 0.3) is 0 Å². The van der Waals surface area contributed by atoms with Gasteiger partial charge in [-0.15, -0.1) is 11.3 Å². The quantitative estimate of drug-likeness (QED) is 0.681. The molecule has 1 aromatic carbocycles. The minimum atomic E-state index is 0.841. The van der Waals surface area contributed by atoms with Crippen LogP contribution in [-0.4, -0.2) is 36.5 Å². The van der Waals surface area contributed by atoms with E-state index in [0.717, 1.165) is 36.2 Å². The summed E-state index contributed by atoms with van der Waals surface area (Å²) < 4.78 is 0. The third-order valence-corrected chi connectivity index (χ3v) is 4.40. The highest BCUT2D eigenvalue weighted by molar-refractivity contribution is 7.09. The third-order valence-electron chi connectivity index (χ3n) is 3.57. The topological polar surface area (TPSA) is 40.5 Å². The van der Waals surface area contributed by atoms with E-state index in [4.69, 9.17) is 0 Å². The molecule has 0 saturated carbocycles. The summed E-state index contributed by atoms with van der Waals surface area (Å²) >= 11 is 1.70. The Morgan fingerprint density at radius 3 is 2.73 bits per heavy atom. The first kappa shape index (κ1) is 16.5. The molecule has 118 valence electrons. The maximum atomic E-state index is 4.48. The van der Waals surface area contributed by atoms with Gasteiger partial charge in [-0.1, -0.05) is 24.3 Å². The molecule has 1 heterocycles. The van der Waals surface area contributed by atoms with Gasteiger partial charge >= 0.3 is 0 Å². The van der Waals surface area contributed by atoms with Crippen LogP contribution in [0.2, 0.25) is 0 Å². The third kappa shape index (κ3) is 4.56. The number of benzene rings is 1. The summed E-state index contributed by atoms with van der Waals surface area (Å²) in [6.45, 7) is 5.87. The molecule has 2 aromatic rings. The molecule has 0 spiro atoms. The number of guanidine groups is 1. The first-order chi connectivity index (χ1) is 10.6. The minimum Gasteiger partial charge on any atom is -0.356 e. The lowest BCUT2D eigenvalue weighted by Gasteiger charge is -2.23. The van der Waals surface area contributed by atoms with Gasteiger partial charge in [0.15, 0.2) is 5.96 Å². The monoisotopic (exact) mass is 316 g/mol. The molecular weight excluding hydrogens is 292 g/mol. The molecule has 1 N–H and O–H groups in total. The van der Waals surface area contributed by atoms with E-state index in [1.165, 1.54) is 11.1 Å². The normalized spacial score (nSPS) is 11.5. The summed E-state index contributed by atoms with van der Waals surface area (Å²) in [5.41, 5.74) is 3.78. The van der Waals surface area contributed by atoms with Crippen LogP contribution in [0.15, 0.2) is 34.6 Å². The number of hydrogen-bond acceptors (Lipinski definition) is 3. The van der Waals surface area contributed by atoms with Crippen LogP contribution in [0.1, 0.15) is 21.8 Å². The lowest BCUT2D eigenvalue weighted by atomic mass is 10.1. The molecule has 0 saturated heterocycles. The highest BCUT2D eigenvalue weighted by atomic mass is 32.1. The Balaban J connectivity index is 1.87. The van der Waals surface area contributed by atoms with Crippen molar-refractivity contribution in [1.82, 2.24) is 15.2 Å². The van der Waals surface area contributed by atoms with Crippen molar-refractivity contribution >= 4 is 17.3 Å². The average Bonchev–Trinajstić information content (AvgIpc) is 2.91. The molecule has 0 unspecified atom stereocenters. The number of rotatable bonds is 5. The fourth-order valence-corrected chi connectivity index (χ4v) is 2.98. The van der Waals surface area contributed by atoms with Crippen LogP contribution >= 0.6 is 11.3 Å². The molecule has 0 aliphatic carbocycles. The first-order valence-electron chi connectivity index (χ1n) is 7.47. The maximum absolute atomic E-state index is 4.48. The van der Waals surface area contributed by atoms with Gasteiger partial charge in [0.1, 0.15) is 0 Å². The van der Waals surface area contributed by atoms with Crippen molar-refractivity contribution in [3.63, 3.8) is 0 Å². The molecule has 2 rings (SSSR count). The second-order valence-corrected chi connectivity index (χ2v) is 6.43. The van der Waals surface area contributed by atoms with Gasteiger partial charge in [0.05, 0.1) is 10.7 Å². The highest BCUT2D eigenvalue weighted by Crippen LogP contribution is 2.10. The second-order valence-electron chi connectivity index (χ2n) is 5.36. The van der Waals surface area contributed by atoms with Crippen LogP contribution < -0.4 is 5.32 Å². The van der Waals surface area contributed by atoms with E-state index in [1.807, 2.05) is 14.0 Å². The molecule has 0 aliphatic rings. The minimum absolute atomic E-state index is 0.841. The number of aromatic nitrogens is 1. The second kappa shape index (κ2) is 7.94. The molecular formula is C17H24N4S. The van der Waals surface area contributed by atoms with Crippen molar-refractivity contribution in [2.24, 2.45) is 4.99 Å². The molecule has 0 aliphatic heterocycles. The molecule has 0 bridgehead atoms. The number of hydrogen-bond donors (Lipinski definition) is 1. The zero-order valence-corrected chi connectivity index (χ0v) is 14.6. The summed E-state index contributed by atoms with van der Waals surface area (Å²) in [6.07, 6.45) is 0.918. The Bertz CT molecular complexity index is 633. The summed E-state index contributed by atoms with van der Waals surface area (Å²) in [5, 5.41) is 6.65. The van der Waals surface area contributed by atoms with Crippen LogP contribution in [-0.2, 0) is 13.0 Å². The van der Waals surface area contributed by atoms with E-state index in [9.17, 15) is 0 Å². The Morgan fingerprint density at radius 1 is 1.32 bits per heavy atom. The highest BCUT2D eigenvalue weighted by Gasteiger charge is 2.08. The predicted molar refractivity (Wildman–Crippen MR) is 94.6 cm³/mol. The lowest BCUT2D eigenvalue weighted by molar-refractivity contribution is 0.476. The van der Waals surface area contributed by atoms with Crippen LogP contribution in [0.25, 0.3) is 0 Å². The average molecular weight is 316 g/mol. The molecule has 1 aromatic heterocycles. The Hall–Kier alpha value is -1.88. The van der Waals surface area contributed by atoms with Crippen LogP contribution in [0.4, 0.5) is 0 Å². The largest absolute Gasteiger partial charge is 0.356 e. The number of aryl methyl sites for hydroxylation is 2. The summed E-state index contributed by atoms with van der Waals surface area (Å²) in [4.78, 5) is 11.0. The number of nitrogens with zero attached hydrogens (tertiary/aromatic N) is 3. The van der Waals surface area contributed by atoms with E-state index in [2.05, 4.69) is 63.8 Å². The van der Waals surface area contributed by atoms with Gasteiger partial charge in [0.2, 0.25) is 0 Å². The molecule has 0 radical (unpaired) electrons. The molecule has 0 fully saturated rings. The lowest BCUT2D eigenvalue weighted by Crippen LogP contribution is -2.39. The predicted octanol–water partition coefficient (Wildman–Crippen LogP) is 3.01. The number of thiazole rings is 1. The molecule has 22 heavy (non-hydrogen) atoms. The van der Waals surface area contributed by atoms with Gasteiger partial charge in [-0.2, -0.15) is 0 Å². The van der Waals surface area contributed by atoms with Crippen molar-refractivity contribution in [3.8, 4) is 0 Å². The van der Waals surface area contributed by atoms with E-state index in [-0.39, 0.29) is 0 Å². The fraction of sp³-hybridized carbons (Fsp3) is 0.412. The summed E-state index contributed by atoms with van der Waals surface area (Å²) in [6, 6.07) is 8.46. The summed E-state index contributed by atoms with van der Waals surface area (Å²) in [7, 11) is 3.89. The zero-order chi connectivity index (χ0) is 15.9. The fourth-order valence-electron chi connectivity index (χ4n) is 2.33. The van der Waals surface area contributed by atoms with Crippen molar-refractivity contribution in [2.45, 2.75) is 26.8 Å². The van der Waals surface area contributed by atoms with Crippen LogP contribution in [0.3, 0.4) is 0 Å². The van der Waals surface area contributed by atoms with E-state index in [0.29, 0.717) is 0 Å². The Labute approximate surface area is 136 Å². The Morgan fingerprint density at radius 2 is 2.09 bits per heavy atom. The molecule has 4 nitrogen and oxygen atoms in total. The van der Waals surface area contributed by atoms with E-state index < -0.39 is 0 Å². The van der Waals surface area contributed by atoms with Gasteiger partial charge in [-0.3, -0.25) is 4.99 Å². The number of nitrogens with one attached hydrogen (secondary N) is 1. The first-order valence-corrected chi connectivity index (χ1v) is 8.35. The van der Waals surface area contributed by atoms with Gasteiger partial charge in [-0.25, -0.2) is 4.98 Å². The molecule has 0 amide bonds. The van der Waals surface area contributed by atoms with Crippen molar-refractivity contribution in [1.29, 1.82) is 0 Å². The smallest absolute Gasteiger partial charge is 0.193 e. The van der Waals surface area contributed by atoms with Crippen molar-refractivity contribution in [2.75, 3.05) is 20.6 Å². The molecule has 5 heteroatoms. The maximum Gasteiger partial charge on any atom is 0.193 e. The van der Waals surface area contributed by atoms with Gasteiger partial charge in [-0.05, 0) is 25.0 Å². The van der Waals surface area contributed by atoms with Crippen molar-refractivity contribution < 1.29 is 0 Å². The number of aliphatic imine (C=N–C) groups is 1. The standard InChI is InChI=1S/C17H24N4S/c1-13-7-5-6-8-15(13)11-21(4)17(18-3)19-10-9-16-12-22-14(2)20-16/h5-8,12H,9-11H2,1-4H3,(H,18,19). The Kier molecular flexibility index (Phi) is 5.95. The van der Waals surface area contributed by atoms with Crippen LogP contribution in [0, 0.1) is 13.8 Å². The van der Waals surface area contributed by atoms with Gasteiger partial charge in [0, 0.05) is 39.0 Å². The summed E-state index contributed by atoms with van der Waals surface area (Å²) in [5.74, 6) is 0.912.